The molecule has 8 heteroatoms. The molecule has 0 spiro atoms. The first-order valence-corrected chi connectivity index (χ1v) is 9.36. The lowest BCUT2D eigenvalue weighted by molar-refractivity contribution is -0.145. The number of carboxylic acid groups (broad SMARTS) is 1. The minimum Gasteiger partial charge on any atom is -0.480 e. The molecule has 134 valence electrons. The summed E-state index contributed by atoms with van der Waals surface area (Å²) in [5, 5.41) is 9.92. The summed E-state index contributed by atoms with van der Waals surface area (Å²) in [5.41, 5.74) is 0.860. The van der Waals surface area contributed by atoms with Crippen LogP contribution in [0.1, 0.15) is 19.1 Å². The van der Waals surface area contributed by atoms with Crippen molar-refractivity contribution in [2.75, 3.05) is 0 Å². The molecular weight excluding hydrogens is 394 g/mol. The van der Waals surface area contributed by atoms with Crippen LogP contribution >= 0.6 is 35.6 Å². The highest BCUT2D eigenvalue weighted by Gasteiger charge is 2.39. The molecule has 1 aliphatic rings. The van der Waals surface area contributed by atoms with Crippen LogP contribution in [-0.4, -0.2) is 32.2 Å². The third-order valence-electron chi connectivity index (χ3n) is 3.84. The van der Waals surface area contributed by atoms with Crippen LogP contribution in [0.25, 0.3) is 17.4 Å². The average molecular weight is 408 g/mol. The fourth-order valence-electron chi connectivity index (χ4n) is 2.55. The van der Waals surface area contributed by atoms with E-state index < -0.39 is 17.9 Å². The Morgan fingerprint density at radius 1 is 1.35 bits per heavy atom. The van der Waals surface area contributed by atoms with Gasteiger partial charge in [-0.1, -0.05) is 42.5 Å². The average Bonchev–Trinajstić information content (AvgIpc) is 3.16. The van der Waals surface area contributed by atoms with Crippen molar-refractivity contribution in [1.29, 1.82) is 0 Å². The summed E-state index contributed by atoms with van der Waals surface area (Å²) in [4.78, 5) is 25.4. The summed E-state index contributed by atoms with van der Waals surface area (Å²) < 4.78 is 6.00. The molecule has 3 rings (SSSR count). The van der Waals surface area contributed by atoms with E-state index in [0.717, 1.165) is 22.2 Å². The number of amides is 1. The number of hydrogen-bond acceptors (Lipinski definition) is 5. The summed E-state index contributed by atoms with van der Waals surface area (Å²) in [6.07, 6.45) is 1.85. The van der Waals surface area contributed by atoms with Gasteiger partial charge in [0.2, 0.25) is 0 Å². The second-order valence-corrected chi connectivity index (χ2v) is 7.64. The van der Waals surface area contributed by atoms with Crippen molar-refractivity contribution in [3.8, 4) is 11.3 Å². The number of halogens is 1. The number of hydrogen-bond donors (Lipinski definition) is 1. The Hall–Kier alpha value is -2.09. The zero-order valence-corrected chi connectivity index (χ0v) is 16.0. The van der Waals surface area contributed by atoms with Gasteiger partial charge in [0.25, 0.3) is 5.91 Å². The van der Waals surface area contributed by atoms with Crippen LogP contribution < -0.4 is 0 Å². The fraction of sp³-hybridized carbons (Fsp3) is 0.167. The molecule has 1 amide bonds. The number of carboxylic acids is 1. The number of aliphatic carboxylic acids is 1. The van der Waals surface area contributed by atoms with Gasteiger partial charge in [0.15, 0.2) is 0 Å². The Bertz CT molecular complexity index is 904. The second-order valence-electron chi connectivity index (χ2n) is 5.52. The van der Waals surface area contributed by atoms with Crippen LogP contribution in [0, 0.1) is 0 Å². The predicted molar refractivity (Wildman–Crippen MR) is 106 cm³/mol. The molecule has 1 fully saturated rings. The zero-order chi connectivity index (χ0) is 18.8. The maximum atomic E-state index is 12.6. The minimum absolute atomic E-state index is 0.236. The van der Waals surface area contributed by atoms with E-state index in [0.29, 0.717) is 21.4 Å². The molecule has 1 N–H and O–H groups in total. The van der Waals surface area contributed by atoms with Gasteiger partial charge in [-0.15, -0.1) is 0 Å². The Morgan fingerprint density at radius 2 is 2.04 bits per heavy atom. The van der Waals surface area contributed by atoms with Crippen molar-refractivity contribution >= 4 is 57.9 Å². The van der Waals surface area contributed by atoms with Gasteiger partial charge in [0.1, 0.15) is 21.9 Å². The predicted octanol–water partition coefficient (Wildman–Crippen LogP) is 4.66. The first-order chi connectivity index (χ1) is 12.4. The number of thioether (sulfide) groups is 1. The molecule has 1 aromatic carbocycles. The maximum absolute atomic E-state index is 12.6. The highest BCUT2D eigenvalue weighted by atomic mass is 35.5. The van der Waals surface area contributed by atoms with Crippen LogP contribution in [0.5, 0.6) is 0 Å². The number of carbonyl (C=O) groups is 2. The Kier molecular flexibility index (Phi) is 5.50. The van der Waals surface area contributed by atoms with Crippen molar-refractivity contribution in [2.24, 2.45) is 0 Å². The number of nitrogens with zero attached hydrogens (tertiary/aromatic N) is 1. The molecule has 1 aromatic heterocycles. The van der Waals surface area contributed by atoms with E-state index in [1.807, 2.05) is 12.1 Å². The largest absolute Gasteiger partial charge is 0.480 e. The first-order valence-electron chi connectivity index (χ1n) is 7.76. The molecule has 5 nitrogen and oxygen atoms in total. The summed E-state index contributed by atoms with van der Waals surface area (Å²) in [7, 11) is 0. The van der Waals surface area contributed by atoms with Crippen LogP contribution in [0.2, 0.25) is 5.02 Å². The molecule has 2 aromatic rings. The van der Waals surface area contributed by atoms with Crippen LogP contribution in [0.4, 0.5) is 0 Å². The van der Waals surface area contributed by atoms with Gasteiger partial charge in [-0.25, -0.2) is 4.79 Å². The van der Waals surface area contributed by atoms with Crippen LogP contribution in [-0.2, 0) is 9.59 Å². The second kappa shape index (κ2) is 7.65. The molecule has 0 radical (unpaired) electrons. The topological polar surface area (TPSA) is 70.8 Å². The van der Waals surface area contributed by atoms with Gasteiger partial charge < -0.3 is 9.52 Å². The molecule has 1 atom stereocenters. The molecule has 1 saturated heterocycles. The lowest BCUT2D eigenvalue weighted by Gasteiger charge is -2.21. The summed E-state index contributed by atoms with van der Waals surface area (Å²) in [6, 6.07) is 9.77. The van der Waals surface area contributed by atoms with E-state index in [1.54, 1.807) is 37.3 Å². The molecule has 2 heterocycles. The Labute approximate surface area is 164 Å². The van der Waals surface area contributed by atoms with Gasteiger partial charge >= 0.3 is 5.97 Å². The lowest BCUT2D eigenvalue weighted by atomic mass is 10.2. The van der Waals surface area contributed by atoms with Crippen molar-refractivity contribution in [2.45, 2.75) is 19.4 Å². The van der Waals surface area contributed by atoms with E-state index in [-0.39, 0.29) is 10.7 Å². The van der Waals surface area contributed by atoms with E-state index in [9.17, 15) is 14.7 Å². The van der Waals surface area contributed by atoms with Gasteiger partial charge in [0, 0.05) is 16.7 Å². The van der Waals surface area contributed by atoms with E-state index in [1.165, 1.54) is 0 Å². The molecular formula is C18H14ClNO4S2. The third kappa shape index (κ3) is 3.70. The number of carbonyl (C=O) groups excluding carboxylic acids is 1. The van der Waals surface area contributed by atoms with Crippen molar-refractivity contribution in [1.82, 2.24) is 4.90 Å². The van der Waals surface area contributed by atoms with Gasteiger partial charge in [0.05, 0.1) is 4.91 Å². The third-order valence-corrected chi connectivity index (χ3v) is 5.42. The van der Waals surface area contributed by atoms with Gasteiger partial charge in [-0.05, 0) is 42.8 Å². The first kappa shape index (κ1) is 18.7. The highest BCUT2D eigenvalue weighted by Crippen LogP contribution is 2.35. The quantitative estimate of drug-likeness (QED) is 0.574. The standard InChI is InChI=1S/C18H14ClNO4S2/c1-2-13(17(22)23)20-16(21)15(26-18(20)25)9-12-7-8-14(24-12)10-3-5-11(19)6-4-10/h3-9,13H,2H2,1H3,(H,22,23). The fourth-order valence-corrected chi connectivity index (χ4v) is 4.01. The number of furan rings is 1. The van der Waals surface area contributed by atoms with Crippen molar-refractivity contribution in [3.63, 3.8) is 0 Å². The smallest absolute Gasteiger partial charge is 0.326 e. The highest BCUT2D eigenvalue weighted by molar-refractivity contribution is 8.26. The molecule has 0 bridgehead atoms. The van der Waals surface area contributed by atoms with Crippen LogP contribution in [0.15, 0.2) is 45.7 Å². The van der Waals surface area contributed by atoms with Crippen LogP contribution in [0.3, 0.4) is 0 Å². The lowest BCUT2D eigenvalue weighted by Crippen LogP contribution is -2.43. The monoisotopic (exact) mass is 407 g/mol. The van der Waals surface area contributed by atoms with Gasteiger partial charge in [-0.3, -0.25) is 9.69 Å². The molecule has 0 saturated carbocycles. The number of benzene rings is 1. The minimum atomic E-state index is -1.08. The van der Waals surface area contributed by atoms with E-state index in [2.05, 4.69) is 0 Å². The number of thiocarbonyl (C=S) groups is 1. The summed E-state index contributed by atoms with van der Waals surface area (Å²) in [6.45, 7) is 1.70. The molecule has 1 unspecified atom stereocenters. The molecule has 0 aliphatic carbocycles. The maximum Gasteiger partial charge on any atom is 0.326 e. The molecule has 1 aliphatic heterocycles. The van der Waals surface area contributed by atoms with E-state index >= 15 is 0 Å². The Balaban J connectivity index is 1.85. The Morgan fingerprint density at radius 3 is 2.65 bits per heavy atom. The summed E-state index contributed by atoms with van der Waals surface area (Å²) >= 11 is 12.1. The summed E-state index contributed by atoms with van der Waals surface area (Å²) in [5.74, 6) is -0.369. The van der Waals surface area contributed by atoms with Gasteiger partial charge in [-0.2, -0.15) is 0 Å². The zero-order valence-electron chi connectivity index (χ0n) is 13.6. The van der Waals surface area contributed by atoms with Crippen molar-refractivity contribution < 1.29 is 19.1 Å². The van der Waals surface area contributed by atoms with Crippen molar-refractivity contribution in [3.05, 3.63) is 52.1 Å². The van der Waals surface area contributed by atoms with E-state index in [4.69, 9.17) is 28.2 Å². The number of rotatable bonds is 5. The SMILES string of the molecule is CCC(C(=O)O)N1C(=O)C(=Cc2ccc(-c3ccc(Cl)cc3)o2)SC1=S. The normalized spacial score (nSPS) is 17.2. The molecule has 26 heavy (non-hydrogen) atoms.